The van der Waals surface area contributed by atoms with Crippen LogP contribution in [0.3, 0.4) is 0 Å². The van der Waals surface area contributed by atoms with Gasteiger partial charge < -0.3 is 35.1 Å². The SMILES string of the molecule is COc1ccc(C(Nc2ncnc3c2ncn3[C@@H]2O[C@H](C(O)C(c3ccccc3)(c3ccccc3)c3ccc(OC)cc3)C(NC(C)(C)C)[C@H]2O)(c2ccccc2)c2ccccc2)cc1. The molecule has 65 heavy (non-hydrogen) atoms. The van der Waals surface area contributed by atoms with Gasteiger partial charge in [-0.3, -0.25) is 4.57 Å². The van der Waals surface area contributed by atoms with Crippen molar-refractivity contribution in [3.05, 3.63) is 216 Å². The number of anilines is 1. The highest BCUT2D eigenvalue weighted by Crippen LogP contribution is 2.48. The zero-order valence-electron chi connectivity index (χ0n) is 37.1. The van der Waals surface area contributed by atoms with Crippen molar-refractivity contribution in [2.45, 2.75) is 67.8 Å². The monoisotopic (exact) mass is 866 g/mol. The summed E-state index contributed by atoms with van der Waals surface area (Å²) in [5.74, 6) is 1.89. The summed E-state index contributed by atoms with van der Waals surface area (Å²) in [5, 5.41) is 33.5. The highest BCUT2D eigenvalue weighted by atomic mass is 16.5. The Kier molecular flexibility index (Phi) is 12.0. The van der Waals surface area contributed by atoms with Crippen molar-refractivity contribution in [2.75, 3.05) is 19.5 Å². The van der Waals surface area contributed by atoms with Gasteiger partial charge in [0.15, 0.2) is 23.2 Å². The number of imidazole rings is 1. The van der Waals surface area contributed by atoms with Crippen molar-refractivity contribution in [3.63, 3.8) is 0 Å². The van der Waals surface area contributed by atoms with Gasteiger partial charge in [-0.25, -0.2) is 15.0 Å². The number of nitrogens with one attached hydrogen (secondary N) is 2. The van der Waals surface area contributed by atoms with Gasteiger partial charge in [0.2, 0.25) is 0 Å². The minimum absolute atomic E-state index is 0.438. The van der Waals surface area contributed by atoms with E-state index >= 15 is 0 Å². The lowest BCUT2D eigenvalue weighted by molar-refractivity contribution is -0.0882. The molecule has 5 atom stereocenters. The van der Waals surface area contributed by atoms with E-state index in [1.807, 2.05) is 154 Å². The summed E-state index contributed by atoms with van der Waals surface area (Å²) < 4.78 is 20.0. The van der Waals surface area contributed by atoms with Gasteiger partial charge >= 0.3 is 0 Å². The number of fused-ring (bicyclic) bond motifs is 1. The Balaban J connectivity index is 1.18. The molecule has 0 spiro atoms. The van der Waals surface area contributed by atoms with Gasteiger partial charge in [-0.1, -0.05) is 146 Å². The van der Waals surface area contributed by atoms with E-state index in [1.165, 1.54) is 6.33 Å². The van der Waals surface area contributed by atoms with E-state index in [0.29, 0.717) is 22.7 Å². The third-order valence-corrected chi connectivity index (χ3v) is 12.5. The van der Waals surface area contributed by atoms with Crippen LogP contribution in [0.15, 0.2) is 183 Å². The third-order valence-electron chi connectivity index (χ3n) is 12.5. The molecule has 9 rings (SSSR count). The van der Waals surface area contributed by atoms with Crippen LogP contribution in [0.1, 0.15) is 60.4 Å². The maximum absolute atomic E-state index is 13.4. The van der Waals surface area contributed by atoms with Gasteiger partial charge in [0.05, 0.1) is 38.1 Å². The first-order valence-corrected chi connectivity index (χ1v) is 21.8. The molecule has 0 saturated carbocycles. The number of ether oxygens (including phenoxy) is 3. The number of rotatable bonds is 14. The van der Waals surface area contributed by atoms with Crippen molar-refractivity contribution >= 4 is 17.0 Å². The molecule has 1 saturated heterocycles. The molecule has 3 heterocycles. The van der Waals surface area contributed by atoms with E-state index in [9.17, 15) is 10.2 Å². The lowest BCUT2D eigenvalue weighted by Crippen LogP contribution is -2.59. The molecule has 0 amide bonds. The van der Waals surface area contributed by atoms with Gasteiger partial charge in [0.1, 0.15) is 35.6 Å². The topological polar surface area (TPSA) is 136 Å². The van der Waals surface area contributed by atoms with Crippen LogP contribution in [-0.4, -0.2) is 73.8 Å². The molecule has 11 heteroatoms. The molecule has 330 valence electrons. The predicted molar refractivity (Wildman–Crippen MR) is 253 cm³/mol. The van der Waals surface area contributed by atoms with E-state index in [2.05, 4.69) is 47.0 Å². The number of methoxy groups -OCH3 is 2. The molecule has 2 unspecified atom stereocenters. The fraction of sp³-hybridized carbons (Fsp3) is 0.241. The van der Waals surface area contributed by atoms with E-state index in [-0.39, 0.29) is 0 Å². The third kappa shape index (κ3) is 7.91. The Labute approximate surface area is 379 Å². The molecule has 0 bridgehead atoms. The summed E-state index contributed by atoms with van der Waals surface area (Å²) in [5.41, 5.74) is 3.75. The van der Waals surface area contributed by atoms with E-state index in [4.69, 9.17) is 29.2 Å². The Morgan fingerprint density at radius 2 is 1.05 bits per heavy atom. The summed E-state index contributed by atoms with van der Waals surface area (Å²) in [6, 6.07) is 55.4. The average molecular weight is 867 g/mol. The Morgan fingerprint density at radius 3 is 1.52 bits per heavy atom. The quantitative estimate of drug-likeness (QED) is 0.0787. The fourth-order valence-electron chi connectivity index (χ4n) is 9.62. The highest BCUT2D eigenvalue weighted by molar-refractivity contribution is 5.84. The summed E-state index contributed by atoms with van der Waals surface area (Å²) >= 11 is 0. The largest absolute Gasteiger partial charge is 0.497 e. The predicted octanol–water partition coefficient (Wildman–Crippen LogP) is 8.66. The van der Waals surface area contributed by atoms with Crippen LogP contribution in [0, 0.1) is 0 Å². The second-order valence-electron chi connectivity index (χ2n) is 17.5. The number of hydrogen-bond acceptors (Lipinski definition) is 10. The Morgan fingerprint density at radius 1 is 0.600 bits per heavy atom. The highest BCUT2D eigenvalue weighted by Gasteiger charge is 2.56. The summed E-state index contributed by atoms with van der Waals surface area (Å²) in [4.78, 5) is 14.5. The summed E-state index contributed by atoms with van der Waals surface area (Å²) in [6.07, 6.45) is -1.26. The molecule has 0 radical (unpaired) electrons. The molecular weight excluding hydrogens is 813 g/mol. The first-order valence-electron chi connectivity index (χ1n) is 21.8. The van der Waals surface area contributed by atoms with Gasteiger partial charge in [-0.2, -0.15) is 0 Å². The van der Waals surface area contributed by atoms with Crippen LogP contribution in [0.2, 0.25) is 0 Å². The van der Waals surface area contributed by atoms with Crippen molar-refractivity contribution in [2.24, 2.45) is 0 Å². The Bertz CT molecular complexity index is 2720. The number of benzene rings is 6. The summed E-state index contributed by atoms with van der Waals surface area (Å²) in [7, 11) is 3.29. The zero-order valence-corrected chi connectivity index (χ0v) is 37.1. The Hall–Kier alpha value is -6.89. The maximum atomic E-state index is 13.4. The normalized spacial score (nSPS) is 18.3. The lowest BCUT2D eigenvalue weighted by Gasteiger charge is -2.44. The fourth-order valence-corrected chi connectivity index (χ4v) is 9.62. The molecule has 1 aliphatic rings. The van der Waals surface area contributed by atoms with Crippen molar-refractivity contribution in [3.8, 4) is 11.5 Å². The molecule has 1 fully saturated rings. The lowest BCUT2D eigenvalue weighted by atomic mass is 9.63. The number of aromatic nitrogens is 4. The molecule has 4 N–H and O–H groups in total. The second kappa shape index (κ2) is 17.9. The van der Waals surface area contributed by atoms with Crippen molar-refractivity contribution < 1.29 is 24.4 Å². The smallest absolute Gasteiger partial charge is 0.167 e. The minimum Gasteiger partial charge on any atom is -0.497 e. The molecule has 11 nitrogen and oxygen atoms in total. The average Bonchev–Trinajstić information content (AvgIpc) is 3.92. The van der Waals surface area contributed by atoms with Crippen LogP contribution in [0.5, 0.6) is 11.5 Å². The molecular formula is C54H54N6O5. The van der Waals surface area contributed by atoms with Crippen molar-refractivity contribution in [1.82, 2.24) is 24.8 Å². The van der Waals surface area contributed by atoms with Crippen LogP contribution in [0.25, 0.3) is 11.2 Å². The van der Waals surface area contributed by atoms with Crippen molar-refractivity contribution in [1.29, 1.82) is 0 Å². The van der Waals surface area contributed by atoms with Gasteiger partial charge in [-0.15, -0.1) is 0 Å². The summed E-state index contributed by atoms with van der Waals surface area (Å²) in [6.45, 7) is 6.11. The molecule has 2 aromatic heterocycles. The van der Waals surface area contributed by atoms with E-state index in [1.54, 1.807) is 25.1 Å². The van der Waals surface area contributed by atoms with E-state index in [0.717, 1.165) is 39.1 Å². The molecule has 8 aromatic rings. The standard InChI is InChI=1S/C54H54N6O5/c1-52(2,3)58-44-46(61)51(65-47(44)48(62)53(36-18-10-6-11-19-36,37-20-12-7-13-21-37)38-26-30-42(63-4)31-27-38)60-35-57-45-49(55-34-56-50(45)60)59-54(39-22-14-8-15-23-39,40-24-16-9-17-25-40)41-28-32-43(64-5)33-29-41/h6-35,44,46-48,51,58,61-62H,1-5H3,(H,55,56,59)/t44?,46-,47+,48?,51-/m1/s1. The number of hydrogen-bond donors (Lipinski definition) is 4. The number of aliphatic hydroxyl groups excluding tert-OH is 2. The first-order chi connectivity index (χ1) is 31.6. The first kappa shape index (κ1) is 43.4. The molecule has 6 aromatic carbocycles. The molecule has 1 aliphatic heterocycles. The van der Waals surface area contributed by atoms with Gasteiger partial charge in [0, 0.05) is 5.54 Å². The van der Waals surface area contributed by atoms with Crippen LogP contribution in [0.4, 0.5) is 5.82 Å². The van der Waals surface area contributed by atoms with Crippen LogP contribution in [-0.2, 0) is 15.7 Å². The second-order valence-corrected chi connectivity index (χ2v) is 17.5. The van der Waals surface area contributed by atoms with Gasteiger partial charge in [-0.05, 0) is 78.4 Å². The van der Waals surface area contributed by atoms with Gasteiger partial charge in [0.25, 0.3) is 0 Å². The van der Waals surface area contributed by atoms with Crippen LogP contribution < -0.4 is 20.1 Å². The minimum atomic E-state index is -1.25. The van der Waals surface area contributed by atoms with E-state index < -0.39 is 47.1 Å². The number of aliphatic hydroxyl groups is 2. The van der Waals surface area contributed by atoms with Crippen LogP contribution >= 0.6 is 0 Å². The number of nitrogens with zero attached hydrogens (tertiary/aromatic N) is 4. The molecule has 0 aliphatic carbocycles. The maximum Gasteiger partial charge on any atom is 0.167 e. The zero-order chi connectivity index (χ0) is 45.2.